The average Bonchev–Trinajstić information content (AvgIpc) is 3.28. The largest absolute Gasteiger partial charge is 0.379 e. The first-order valence-corrected chi connectivity index (χ1v) is 13.6. The molecule has 8 nitrogen and oxygen atoms in total. The zero-order valence-corrected chi connectivity index (χ0v) is 22.4. The molecule has 0 atom stereocenters. The first kappa shape index (κ1) is 26.1. The Morgan fingerprint density at radius 1 is 1.11 bits per heavy atom. The molecule has 9 heteroatoms. The Kier molecular flexibility index (Phi) is 7.63. The number of rotatable bonds is 7. The number of hydrogen-bond donors (Lipinski definition) is 0. The predicted molar refractivity (Wildman–Crippen MR) is 140 cm³/mol. The molecule has 36 heavy (non-hydrogen) atoms. The molecule has 0 spiro atoms. The van der Waals surface area contributed by atoms with Gasteiger partial charge in [-0.25, -0.2) is 8.42 Å². The van der Waals surface area contributed by atoms with Gasteiger partial charge in [-0.05, 0) is 43.0 Å². The second kappa shape index (κ2) is 10.5. The zero-order valence-electron chi connectivity index (χ0n) is 21.6. The predicted octanol–water partition coefficient (Wildman–Crippen LogP) is 3.97. The summed E-state index contributed by atoms with van der Waals surface area (Å²) in [7, 11) is -2.03. The molecule has 1 saturated heterocycles. The van der Waals surface area contributed by atoms with Crippen molar-refractivity contribution in [1.29, 1.82) is 0 Å². The maximum Gasteiger partial charge on any atom is 0.261 e. The lowest BCUT2D eigenvalue weighted by Gasteiger charge is -2.27. The molecular weight excluding hydrogens is 476 g/mol. The second-order valence-electron chi connectivity index (χ2n) is 9.60. The highest BCUT2D eigenvalue weighted by Crippen LogP contribution is 2.28. The smallest absolute Gasteiger partial charge is 0.261 e. The number of morpholine rings is 1. The number of carbonyl (C=O) groups is 1. The van der Waals surface area contributed by atoms with Crippen molar-refractivity contribution in [1.82, 2.24) is 14.1 Å². The van der Waals surface area contributed by atoms with Crippen LogP contribution in [0.15, 0.2) is 53.6 Å². The quantitative estimate of drug-likeness (QED) is 0.480. The van der Waals surface area contributed by atoms with Crippen LogP contribution in [-0.2, 0) is 21.3 Å². The molecular formula is C27H34N4O4S. The Balaban J connectivity index is 1.64. The lowest BCUT2D eigenvalue weighted by molar-refractivity contribution is 0.0730. The standard InChI is InChI=1S/C27H34N4O4S/c1-19(2)26-24(18-30(28-26)17-22-8-6-7-20(3)15-22)27(32)29(5)23-10-9-21(4)25(16-23)36(33,34)31-11-13-35-14-12-31/h6-10,15-16,18-19H,11-14,17H2,1-5H3. The van der Waals surface area contributed by atoms with Gasteiger partial charge in [0, 0.05) is 32.0 Å². The molecule has 1 aromatic heterocycles. The van der Waals surface area contributed by atoms with Crippen LogP contribution in [0.3, 0.4) is 0 Å². The zero-order chi connectivity index (χ0) is 26.0. The highest BCUT2D eigenvalue weighted by molar-refractivity contribution is 7.89. The summed E-state index contributed by atoms with van der Waals surface area (Å²) in [6.45, 7) is 9.78. The van der Waals surface area contributed by atoms with Crippen LogP contribution < -0.4 is 4.90 Å². The van der Waals surface area contributed by atoms with Gasteiger partial charge in [0.1, 0.15) is 0 Å². The van der Waals surface area contributed by atoms with Gasteiger partial charge in [-0.15, -0.1) is 0 Å². The number of ether oxygens (including phenoxy) is 1. The summed E-state index contributed by atoms with van der Waals surface area (Å²) < 4.78 is 35.2. The van der Waals surface area contributed by atoms with Crippen LogP contribution in [0.25, 0.3) is 0 Å². The van der Waals surface area contributed by atoms with Crippen LogP contribution >= 0.6 is 0 Å². The van der Waals surface area contributed by atoms with Gasteiger partial charge in [-0.1, -0.05) is 49.7 Å². The van der Waals surface area contributed by atoms with E-state index in [0.717, 1.165) is 5.56 Å². The molecule has 0 bridgehead atoms. The molecule has 0 saturated carbocycles. The van der Waals surface area contributed by atoms with E-state index in [2.05, 4.69) is 6.07 Å². The van der Waals surface area contributed by atoms with Gasteiger partial charge < -0.3 is 9.64 Å². The average molecular weight is 511 g/mol. The van der Waals surface area contributed by atoms with Gasteiger partial charge >= 0.3 is 0 Å². The maximum atomic E-state index is 13.6. The monoisotopic (exact) mass is 510 g/mol. The van der Waals surface area contributed by atoms with Crippen LogP contribution in [0.1, 0.15) is 52.5 Å². The fourth-order valence-electron chi connectivity index (χ4n) is 4.41. The van der Waals surface area contributed by atoms with E-state index in [9.17, 15) is 13.2 Å². The minimum absolute atomic E-state index is 0.0476. The van der Waals surface area contributed by atoms with Crippen LogP contribution in [-0.4, -0.2) is 61.8 Å². The van der Waals surface area contributed by atoms with E-state index < -0.39 is 10.0 Å². The van der Waals surface area contributed by atoms with Gasteiger partial charge in [0.05, 0.1) is 35.9 Å². The fraction of sp³-hybridized carbons (Fsp3) is 0.407. The van der Waals surface area contributed by atoms with Gasteiger partial charge in [-0.2, -0.15) is 9.40 Å². The van der Waals surface area contributed by atoms with Crippen molar-refractivity contribution in [2.75, 3.05) is 38.3 Å². The first-order chi connectivity index (χ1) is 17.1. The van der Waals surface area contributed by atoms with Crippen LogP contribution in [0.5, 0.6) is 0 Å². The molecule has 1 amide bonds. The summed E-state index contributed by atoms with van der Waals surface area (Å²) >= 11 is 0. The van der Waals surface area contributed by atoms with Crippen LogP contribution in [0.2, 0.25) is 0 Å². The van der Waals surface area contributed by atoms with E-state index in [0.29, 0.717) is 55.4 Å². The highest BCUT2D eigenvalue weighted by Gasteiger charge is 2.29. The topological polar surface area (TPSA) is 84.7 Å². The van der Waals surface area contributed by atoms with Crippen molar-refractivity contribution in [3.05, 3.63) is 76.6 Å². The highest BCUT2D eigenvalue weighted by atomic mass is 32.2. The Labute approximate surface area is 213 Å². The van der Waals surface area contributed by atoms with Gasteiger partial charge in [0.15, 0.2) is 0 Å². The minimum atomic E-state index is -3.70. The molecule has 1 aliphatic heterocycles. The first-order valence-electron chi connectivity index (χ1n) is 12.2. The lowest BCUT2D eigenvalue weighted by Crippen LogP contribution is -2.41. The normalized spacial score (nSPS) is 14.8. The Morgan fingerprint density at radius 2 is 1.83 bits per heavy atom. The second-order valence-corrected chi connectivity index (χ2v) is 11.5. The number of hydrogen-bond acceptors (Lipinski definition) is 5. The number of benzene rings is 2. The van der Waals surface area contributed by atoms with Gasteiger partial charge in [0.25, 0.3) is 5.91 Å². The maximum absolute atomic E-state index is 13.6. The minimum Gasteiger partial charge on any atom is -0.379 e. The molecule has 192 valence electrons. The molecule has 2 aromatic carbocycles. The van der Waals surface area contributed by atoms with Crippen molar-refractivity contribution in [2.24, 2.45) is 0 Å². The van der Waals surface area contributed by atoms with Crippen LogP contribution in [0, 0.1) is 13.8 Å². The third-order valence-electron chi connectivity index (χ3n) is 6.45. The number of anilines is 1. The molecule has 0 N–H and O–H groups in total. The summed E-state index contributed by atoms with van der Waals surface area (Å²) in [5, 5.41) is 4.72. The number of amides is 1. The molecule has 0 radical (unpaired) electrons. The molecule has 1 aliphatic rings. The molecule has 3 aromatic rings. The van der Waals surface area contributed by atoms with E-state index in [-0.39, 0.29) is 16.7 Å². The van der Waals surface area contributed by atoms with E-state index in [1.807, 2.05) is 39.0 Å². The molecule has 2 heterocycles. The summed E-state index contributed by atoms with van der Waals surface area (Å²) in [5.41, 5.74) is 4.66. The number of carbonyl (C=O) groups excluding carboxylic acids is 1. The summed E-state index contributed by atoms with van der Waals surface area (Å²) in [6, 6.07) is 13.3. The van der Waals surface area contributed by atoms with E-state index in [4.69, 9.17) is 9.84 Å². The van der Waals surface area contributed by atoms with Crippen molar-refractivity contribution in [3.8, 4) is 0 Å². The third kappa shape index (κ3) is 5.38. The third-order valence-corrected chi connectivity index (χ3v) is 8.49. The Morgan fingerprint density at radius 3 is 2.50 bits per heavy atom. The molecule has 4 rings (SSSR count). The Bertz CT molecular complexity index is 1360. The van der Waals surface area contributed by atoms with E-state index in [1.54, 1.807) is 43.0 Å². The van der Waals surface area contributed by atoms with Gasteiger partial charge in [0.2, 0.25) is 10.0 Å². The molecule has 0 unspecified atom stereocenters. The summed E-state index contributed by atoms with van der Waals surface area (Å²) in [4.78, 5) is 15.3. The van der Waals surface area contributed by atoms with Gasteiger partial charge in [-0.3, -0.25) is 9.48 Å². The van der Waals surface area contributed by atoms with Crippen molar-refractivity contribution >= 4 is 21.6 Å². The number of aromatic nitrogens is 2. The number of aryl methyl sites for hydroxylation is 2. The molecule has 0 aliphatic carbocycles. The number of nitrogens with zero attached hydrogens (tertiary/aromatic N) is 4. The van der Waals surface area contributed by atoms with Crippen molar-refractivity contribution in [2.45, 2.75) is 45.1 Å². The summed E-state index contributed by atoms with van der Waals surface area (Å²) in [6.07, 6.45) is 1.79. The SMILES string of the molecule is Cc1cccc(Cn2cc(C(=O)N(C)c3ccc(C)c(S(=O)(=O)N4CCOCC4)c3)c(C(C)C)n2)c1. The Hall–Kier alpha value is -3.01. The lowest BCUT2D eigenvalue weighted by atomic mass is 10.1. The molecule has 1 fully saturated rings. The fourth-order valence-corrected chi connectivity index (χ4v) is 6.06. The number of sulfonamides is 1. The van der Waals surface area contributed by atoms with Crippen molar-refractivity contribution < 1.29 is 17.9 Å². The summed E-state index contributed by atoms with van der Waals surface area (Å²) in [5.74, 6) is -0.181. The van der Waals surface area contributed by atoms with E-state index in [1.165, 1.54) is 14.8 Å². The van der Waals surface area contributed by atoms with E-state index >= 15 is 0 Å². The van der Waals surface area contributed by atoms with Crippen LogP contribution in [0.4, 0.5) is 5.69 Å². The van der Waals surface area contributed by atoms with Crippen molar-refractivity contribution in [3.63, 3.8) is 0 Å².